The van der Waals surface area contributed by atoms with Gasteiger partial charge < -0.3 is 15.4 Å². The fraction of sp³-hybridized carbons (Fsp3) is 0.300. The molecule has 0 bridgehead atoms. The minimum atomic E-state index is -0.161. The van der Waals surface area contributed by atoms with Crippen LogP contribution in [0.1, 0.15) is 36.2 Å². The zero-order valence-corrected chi connectivity index (χ0v) is 15.9. The van der Waals surface area contributed by atoms with Crippen LogP contribution in [-0.2, 0) is 4.79 Å². The highest BCUT2D eigenvalue weighted by Gasteiger charge is 2.11. The summed E-state index contributed by atoms with van der Waals surface area (Å²) >= 11 is 5.88. The van der Waals surface area contributed by atoms with E-state index in [0.717, 1.165) is 5.56 Å². The number of nitrogens with one attached hydrogen (secondary N) is 2. The third-order valence-corrected chi connectivity index (χ3v) is 3.80. The van der Waals surface area contributed by atoms with Gasteiger partial charge in [0.25, 0.3) is 5.91 Å². The van der Waals surface area contributed by atoms with E-state index in [1.807, 2.05) is 20.8 Å². The molecule has 0 spiro atoms. The second kappa shape index (κ2) is 9.25. The van der Waals surface area contributed by atoms with Gasteiger partial charge in [0.15, 0.2) is 0 Å². The van der Waals surface area contributed by atoms with Gasteiger partial charge in [0.2, 0.25) is 5.91 Å². The highest BCUT2D eigenvalue weighted by Crippen LogP contribution is 2.18. The summed E-state index contributed by atoms with van der Waals surface area (Å²) in [4.78, 5) is 24.1. The summed E-state index contributed by atoms with van der Waals surface area (Å²) in [5, 5.41) is 6.25. The first-order valence-corrected chi connectivity index (χ1v) is 8.82. The molecule has 2 aromatic rings. The molecule has 0 saturated heterocycles. The lowest BCUT2D eigenvalue weighted by atomic mass is 10.1. The molecular weight excluding hydrogens is 352 g/mol. The van der Waals surface area contributed by atoms with E-state index in [2.05, 4.69) is 10.6 Å². The summed E-state index contributed by atoms with van der Waals surface area (Å²) < 4.78 is 5.51. The molecule has 0 heterocycles. The van der Waals surface area contributed by atoms with Crippen molar-refractivity contribution < 1.29 is 14.3 Å². The summed E-state index contributed by atoms with van der Waals surface area (Å²) in [6.45, 7) is 5.91. The van der Waals surface area contributed by atoms with Gasteiger partial charge in [-0.3, -0.25) is 9.59 Å². The molecule has 0 atom stereocenters. The van der Waals surface area contributed by atoms with Crippen LogP contribution in [0.25, 0.3) is 0 Å². The van der Waals surface area contributed by atoms with E-state index in [9.17, 15) is 9.59 Å². The number of halogens is 1. The number of amides is 2. The fourth-order valence-corrected chi connectivity index (χ4v) is 2.56. The van der Waals surface area contributed by atoms with E-state index in [4.69, 9.17) is 16.3 Å². The largest absolute Gasteiger partial charge is 0.493 e. The first-order valence-electron chi connectivity index (χ1n) is 8.45. The fourth-order valence-electron chi connectivity index (χ4n) is 2.38. The van der Waals surface area contributed by atoms with Crippen LogP contribution in [0.2, 0.25) is 5.02 Å². The lowest BCUT2D eigenvalue weighted by Crippen LogP contribution is -2.30. The van der Waals surface area contributed by atoms with Gasteiger partial charge in [-0.05, 0) is 62.7 Å². The Morgan fingerprint density at radius 2 is 1.92 bits per heavy atom. The van der Waals surface area contributed by atoms with Gasteiger partial charge in [0.05, 0.1) is 13.0 Å². The zero-order valence-electron chi connectivity index (χ0n) is 15.1. The molecule has 0 aliphatic carbocycles. The van der Waals surface area contributed by atoms with Crippen molar-refractivity contribution in [3.05, 3.63) is 58.6 Å². The number of anilines is 1. The number of carbonyl (C=O) groups is 2. The Labute approximate surface area is 158 Å². The van der Waals surface area contributed by atoms with E-state index in [0.29, 0.717) is 22.0 Å². The van der Waals surface area contributed by atoms with Crippen molar-refractivity contribution in [3.63, 3.8) is 0 Å². The zero-order chi connectivity index (χ0) is 19.1. The van der Waals surface area contributed by atoms with Crippen molar-refractivity contribution in [1.82, 2.24) is 5.32 Å². The van der Waals surface area contributed by atoms with Gasteiger partial charge in [-0.25, -0.2) is 0 Å². The van der Waals surface area contributed by atoms with Crippen LogP contribution < -0.4 is 15.4 Å². The van der Waals surface area contributed by atoms with E-state index < -0.39 is 0 Å². The summed E-state index contributed by atoms with van der Waals surface area (Å²) in [5.41, 5.74) is 2.05. The van der Waals surface area contributed by atoms with Crippen LogP contribution in [0.5, 0.6) is 5.75 Å². The average Bonchev–Trinajstić information content (AvgIpc) is 2.54. The second-order valence-electron chi connectivity index (χ2n) is 6.26. The highest BCUT2D eigenvalue weighted by atomic mass is 35.5. The first kappa shape index (κ1) is 19.8. The number of rotatable bonds is 7. The minimum Gasteiger partial charge on any atom is -0.493 e. The van der Waals surface area contributed by atoms with Crippen molar-refractivity contribution in [3.8, 4) is 5.75 Å². The summed E-state index contributed by atoms with van der Waals surface area (Å²) in [6, 6.07) is 12.3. The molecule has 0 radical (unpaired) electrons. The molecule has 138 valence electrons. The number of carbonyl (C=O) groups excluding carboxylic acids is 2. The number of hydrogen-bond donors (Lipinski definition) is 2. The van der Waals surface area contributed by atoms with Gasteiger partial charge in [0, 0.05) is 22.3 Å². The molecule has 2 rings (SSSR count). The highest BCUT2D eigenvalue weighted by molar-refractivity contribution is 6.30. The monoisotopic (exact) mass is 374 g/mol. The van der Waals surface area contributed by atoms with Gasteiger partial charge in [0.1, 0.15) is 5.75 Å². The SMILES string of the molecule is Cc1cc(NC(=O)CCOc2cccc(Cl)c2)ccc1C(=O)NC(C)C. The number of hydrogen-bond acceptors (Lipinski definition) is 3. The van der Waals surface area contributed by atoms with Crippen LogP contribution in [-0.4, -0.2) is 24.5 Å². The molecule has 0 fully saturated rings. The van der Waals surface area contributed by atoms with Gasteiger partial charge >= 0.3 is 0 Å². The van der Waals surface area contributed by atoms with E-state index in [1.54, 1.807) is 42.5 Å². The predicted octanol–water partition coefficient (Wildman–Crippen LogP) is 4.19. The minimum absolute atomic E-state index is 0.0702. The van der Waals surface area contributed by atoms with Crippen LogP contribution >= 0.6 is 11.6 Å². The maximum Gasteiger partial charge on any atom is 0.251 e. The molecule has 2 amide bonds. The molecule has 2 N–H and O–H groups in total. The number of aryl methyl sites for hydroxylation is 1. The molecule has 5 nitrogen and oxygen atoms in total. The Morgan fingerprint density at radius 1 is 1.15 bits per heavy atom. The molecule has 0 unspecified atom stereocenters. The third-order valence-electron chi connectivity index (χ3n) is 3.57. The van der Waals surface area contributed by atoms with Crippen LogP contribution in [0, 0.1) is 6.92 Å². The normalized spacial score (nSPS) is 10.5. The lowest BCUT2D eigenvalue weighted by Gasteiger charge is -2.12. The van der Waals surface area contributed by atoms with Gasteiger partial charge in [-0.2, -0.15) is 0 Å². The first-order chi connectivity index (χ1) is 12.3. The van der Waals surface area contributed by atoms with Crippen molar-refractivity contribution in [1.29, 1.82) is 0 Å². The molecule has 0 aliphatic heterocycles. The Morgan fingerprint density at radius 3 is 2.58 bits per heavy atom. The van der Waals surface area contributed by atoms with Crippen molar-refractivity contribution in [2.24, 2.45) is 0 Å². The summed E-state index contributed by atoms with van der Waals surface area (Å²) in [5.74, 6) is 0.345. The van der Waals surface area contributed by atoms with E-state index in [1.165, 1.54) is 0 Å². The average molecular weight is 375 g/mol. The smallest absolute Gasteiger partial charge is 0.251 e. The Hall–Kier alpha value is -2.53. The molecule has 6 heteroatoms. The topological polar surface area (TPSA) is 67.4 Å². The van der Waals surface area contributed by atoms with E-state index >= 15 is 0 Å². The Bertz CT molecular complexity index is 790. The Balaban J connectivity index is 1.86. The second-order valence-corrected chi connectivity index (χ2v) is 6.70. The maximum absolute atomic E-state index is 12.1. The molecule has 0 aromatic heterocycles. The number of benzene rings is 2. The van der Waals surface area contributed by atoms with Crippen molar-refractivity contribution in [2.75, 3.05) is 11.9 Å². The van der Waals surface area contributed by atoms with Gasteiger partial charge in [-0.1, -0.05) is 17.7 Å². The third kappa shape index (κ3) is 6.08. The van der Waals surface area contributed by atoms with Crippen molar-refractivity contribution in [2.45, 2.75) is 33.2 Å². The molecule has 2 aromatic carbocycles. The van der Waals surface area contributed by atoms with Crippen LogP contribution in [0.15, 0.2) is 42.5 Å². The van der Waals surface area contributed by atoms with Crippen LogP contribution in [0.3, 0.4) is 0 Å². The Kier molecular flexibility index (Phi) is 7.04. The molecular formula is C20H23ClN2O3. The van der Waals surface area contributed by atoms with Crippen molar-refractivity contribution >= 4 is 29.1 Å². The standard InChI is InChI=1S/C20H23ClN2O3/c1-13(2)22-20(25)18-8-7-16(11-14(18)3)23-19(24)9-10-26-17-6-4-5-15(21)12-17/h4-8,11-13H,9-10H2,1-3H3,(H,22,25)(H,23,24). The molecule has 0 saturated carbocycles. The summed E-state index contributed by atoms with van der Waals surface area (Å²) in [6.07, 6.45) is 0.209. The lowest BCUT2D eigenvalue weighted by molar-refractivity contribution is -0.116. The quantitative estimate of drug-likeness (QED) is 0.763. The van der Waals surface area contributed by atoms with Crippen LogP contribution in [0.4, 0.5) is 5.69 Å². The maximum atomic E-state index is 12.1. The number of ether oxygens (including phenoxy) is 1. The molecule has 26 heavy (non-hydrogen) atoms. The molecule has 0 aliphatic rings. The van der Waals surface area contributed by atoms with Gasteiger partial charge in [-0.15, -0.1) is 0 Å². The van der Waals surface area contributed by atoms with E-state index in [-0.39, 0.29) is 30.9 Å². The predicted molar refractivity (Wildman–Crippen MR) is 104 cm³/mol. The summed E-state index contributed by atoms with van der Waals surface area (Å²) in [7, 11) is 0.